The van der Waals surface area contributed by atoms with E-state index < -0.39 is 26.5 Å². The number of carbonyl (C=O) groups is 2. The molecule has 0 aliphatic carbocycles. The van der Waals surface area contributed by atoms with Gasteiger partial charge in [-0.05, 0) is 70.6 Å². The van der Waals surface area contributed by atoms with Gasteiger partial charge in [-0.2, -0.15) is 0 Å². The van der Waals surface area contributed by atoms with Crippen molar-refractivity contribution >= 4 is 19.8 Å². The molecule has 0 heterocycles. The lowest BCUT2D eigenvalue weighted by atomic mass is 10.0. The maximum Gasteiger partial charge on any atom is 0.472 e. The highest BCUT2D eigenvalue weighted by atomic mass is 31.2. The minimum atomic E-state index is -4.40. The van der Waals surface area contributed by atoms with E-state index in [-0.39, 0.29) is 32.0 Å². The Morgan fingerprint density at radius 1 is 0.395 bits per heavy atom. The van der Waals surface area contributed by atoms with Gasteiger partial charge in [-0.3, -0.25) is 18.6 Å². The summed E-state index contributed by atoms with van der Waals surface area (Å²) >= 11 is 0. The summed E-state index contributed by atoms with van der Waals surface area (Å²) in [6, 6.07) is 0. The van der Waals surface area contributed by atoms with E-state index in [1.54, 1.807) is 0 Å². The van der Waals surface area contributed by atoms with E-state index in [4.69, 9.17) is 18.5 Å². The molecule has 0 aliphatic heterocycles. The van der Waals surface area contributed by atoms with Crippen molar-refractivity contribution in [3.05, 3.63) is 85.1 Å². The van der Waals surface area contributed by atoms with Gasteiger partial charge in [0.25, 0.3) is 0 Å². The molecule has 0 aromatic carbocycles. The number of hydrogen-bond donors (Lipinski definition) is 1. The molecule has 2 atom stereocenters. The second kappa shape index (κ2) is 61.7. The second-order valence-corrected chi connectivity index (χ2v) is 25.3. The van der Waals surface area contributed by atoms with Gasteiger partial charge in [-0.1, -0.05) is 304 Å². The first-order valence-electron chi connectivity index (χ1n) is 33.8. The number of likely N-dealkylation sites (N-methyl/N-ethyl adjacent to an activating group) is 1. The molecule has 0 fully saturated rings. The third-order valence-electron chi connectivity index (χ3n) is 14.7. The van der Waals surface area contributed by atoms with E-state index >= 15 is 0 Å². The van der Waals surface area contributed by atoms with Crippen LogP contribution in [0.2, 0.25) is 0 Å². The zero-order chi connectivity index (χ0) is 59.1. The van der Waals surface area contributed by atoms with Gasteiger partial charge in [0.15, 0.2) is 6.10 Å². The van der Waals surface area contributed by atoms with Crippen LogP contribution in [0.1, 0.15) is 303 Å². The van der Waals surface area contributed by atoms with E-state index in [0.717, 1.165) is 89.9 Å². The standard InChI is InChI=1S/C71H128NO8P/c1-6-8-10-12-14-16-18-20-22-24-26-28-30-32-34-35-36-37-38-40-42-44-46-48-50-52-54-56-58-60-62-64-71(74)80-69(68-79-81(75,76)78-66-65-72(3,4)5)67-77-70(73)63-61-59-57-55-53-51-49-47-45-43-41-39-33-31-29-27-25-23-21-19-17-15-13-11-9-7-2/h8,10,14,16,20,22,26,28,32,34,36-37,40,42,69H,6-7,9,11-13,15,17-19,21,23-25,27,29-31,33,35,38-39,41,43-68H2,1-5H3/p+1/b10-8-,16-14-,22-20-,28-26-,34-32-,37-36-,42-40-. The van der Waals surface area contributed by atoms with Crippen LogP contribution in [0.4, 0.5) is 0 Å². The lowest BCUT2D eigenvalue weighted by Crippen LogP contribution is -2.37. The number of hydrogen-bond acceptors (Lipinski definition) is 7. The summed E-state index contributed by atoms with van der Waals surface area (Å²) in [7, 11) is 1.48. The van der Waals surface area contributed by atoms with Crippen LogP contribution < -0.4 is 0 Å². The van der Waals surface area contributed by atoms with E-state index in [9.17, 15) is 19.0 Å². The molecule has 0 bridgehead atoms. The predicted octanol–water partition coefficient (Wildman–Crippen LogP) is 21.8. The zero-order valence-electron chi connectivity index (χ0n) is 53.5. The molecular weight excluding hydrogens is 1030 g/mol. The molecule has 0 saturated heterocycles. The number of ether oxygens (including phenoxy) is 2. The molecule has 470 valence electrons. The molecule has 9 nitrogen and oxygen atoms in total. The number of unbranched alkanes of at least 4 members (excludes halogenated alkanes) is 34. The number of phosphoric acid groups is 1. The fourth-order valence-corrected chi connectivity index (χ4v) is 10.3. The molecule has 0 radical (unpaired) electrons. The summed E-state index contributed by atoms with van der Waals surface area (Å²) in [5.41, 5.74) is 0. The van der Waals surface area contributed by atoms with Gasteiger partial charge < -0.3 is 18.9 Å². The summed E-state index contributed by atoms with van der Waals surface area (Å²) in [6.45, 7) is 4.35. The molecule has 0 aromatic rings. The average molecular weight is 1160 g/mol. The van der Waals surface area contributed by atoms with Crippen LogP contribution in [0.5, 0.6) is 0 Å². The van der Waals surface area contributed by atoms with Crippen molar-refractivity contribution in [2.24, 2.45) is 0 Å². The molecule has 1 N–H and O–H groups in total. The Hall–Kier alpha value is -2.81. The Balaban J connectivity index is 4.10. The van der Waals surface area contributed by atoms with E-state index in [2.05, 4.69) is 98.9 Å². The van der Waals surface area contributed by atoms with Crippen LogP contribution in [-0.2, 0) is 32.7 Å². The van der Waals surface area contributed by atoms with Crippen molar-refractivity contribution < 1.29 is 42.1 Å². The van der Waals surface area contributed by atoms with Gasteiger partial charge in [0.1, 0.15) is 19.8 Å². The highest BCUT2D eigenvalue weighted by Crippen LogP contribution is 2.43. The van der Waals surface area contributed by atoms with Gasteiger partial charge in [-0.25, -0.2) is 4.57 Å². The molecule has 0 rings (SSSR count). The van der Waals surface area contributed by atoms with Gasteiger partial charge in [0.05, 0.1) is 27.7 Å². The van der Waals surface area contributed by atoms with Crippen molar-refractivity contribution in [3.8, 4) is 0 Å². The first kappa shape index (κ1) is 78.2. The Labute approximate surface area is 501 Å². The third kappa shape index (κ3) is 66.2. The Morgan fingerprint density at radius 3 is 1.05 bits per heavy atom. The maximum absolute atomic E-state index is 12.9. The summed E-state index contributed by atoms with van der Waals surface area (Å²) in [4.78, 5) is 35.8. The number of rotatable bonds is 62. The molecule has 0 saturated carbocycles. The van der Waals surface area contributed by atoms with Crippen LogP contribution in [0, 0.1) is 0 Å². The van der Waals surface area contributed by atoms with Gasteiger partial charge in [0, 0.05) is 12.8 Å². The number of quaternary nitrogens is 1. The van der Waals surface area contributed by atoms with E-state index in [1.807, 2.05) is 21.1 Å². The number of esters is 2. The Kier molecular flexibility index (Phi) is 59.6. The molecule has 2 unspecified atom stereocenters. The molecule has 0 amide bonds. The summed E-state index contributed by atoms with van der Waals surface area (Å²) < 4.78 is 34.7. The monoisotopic (exact) mass is 1150 g/mol. The number of allylic oxidation sites excluding steroid dienone is 14. The van der Waals surface area contributed by atoms with Crippen LogP contribution >= 0.6 is 7.82 Å². The fourth-order valence-electron chi connectivity index (χ4n) is 9.53. The molecule has 0 aromatic heterocycles. The summed E-state index contributed by atoms with van der Waals surface area (Å²) in [5.74, 6) is -0.795. The molecule has 81 heavy (non-hydrogen) atoms. The minimum absolute atomic E-state index is 0.0286. The smallest absolute Gasteiger partial charge is 0.462 e. The van der Waals surface area contributed by atoms with Crippen LogP contribution in [-0.4, -0.2) is 74.9 Å². The Morgan fingerprint density at radius 2 is 0.704 bits per heavy atom. The average Bonchev–Trinajstić information content (AvgIpc) is 3.43. The highest BCUT2D eigenvalue weighted by Gasteiger charge is 2.27. The second-order valence-electron chi connectivity index (χ2n) is 23.8. The van der Waals surface area contributed by atoms with Crippen molar-refractivity contribution in [2.75, 3.05) is 47.5 Å². The zero-order valence-corrected chi connectivity index (χ0v) is 54.4. The van der Waals surface area contributed by atoms with E-state index in [1.165, 1.54) is 180 Å². The maximum atomic E-state index is 12.9. The van der Waals surface area contributed by atoms with Crippen LogP contribution in [0.3, 0.4) is 0 Å². The number of phosphoric ester groups is 1. The first-order chi connectivity index (χ1) is 39.5. The summed E-state index contributed by atoms with van der Waals surface area (Å²) in [6.07, 6.45) is 83.9. The Bertz CT molecular complexity index is 1640. The highest BCUT2D eigenvalue weighted by molar-refractivity contribution is 7.47. The molecule has 10 heteroatoms. The normalized spacial score (nSPS) is 13.7. The van der Waals surface area contributed by atoms with Gasteiger partial charge in [0.2, 0.25) is 0 Å². The largest absolute Gasteiger partial charge is 0.472 e. The fraction of sp³-hybridized carbons (Fsp3) is 0.775. The number of carbonyl (C=O) groups excluding carboxylic acids is 2. The minimum Gasteiger partial charge on any atom is -0.462 e. The van der Waals surface area contributed by atoms with Crippen molar-refractivity contribution in [1.82, 2.24) is 0 Å². The van der Waals surface area contributed by atoms with Gasteiger partial charge in [-0.15, -0.1) is 0 Å². The SMILES string of the molecule is CC/C=C\C/C=C\C/C=C\C/C=C\C/C=C\C/C=C\C/C=C\CCCCCCCCCCCC(=O)OC(COC(=O)CCCCCCCCCCCCCCCCCCCCCCCCCCCC)COP(=O)(O)OCC[N+](C)(C)C. The van der Waals surface area contributed by atoms with Crippen LogP contribution in [0.25, 0.3) is 0 Å². The van der Waals surface area contributed by atoms with Crippen molar-refractivity contribution in [3.63, 3.8) is 0 Å². The van der Waals surface area contributed by atoms with E-state index in [0.29, 0.717) is 17.4 Å². The summed E-state index contributed by atoms with van der Waals surface area (Å²) in [5, 5.41) is 0. The lowest BCUT2D eigenvalue weighted by molar-refractivity contribution is -0.870. The van der Waals surface area contributed by atoms with Crippen LogP contribution in [0.15, 0.2) is 85.1 Å². The third-order valence-corrected chi connectivity index (χ3v) is 15.7. The predicted molar refractivity (Wildman–Crippen MR) is 349 cm³/mol. The quantitative estimate of drug-likeness (QED) is 0.0211. The topological polar surface area (TPSA) is 108 Å². The lowest BCUT2D eigenvalue weighted by Gasteiger charge is -2.24. The molecule has 0 spiro atoms. The molecular formula is C71H129NO8P+. The van der Waals surface area contributed by atoms with Crippen molar-refractivity contribution in [2.45, 2.75) is 309 Å². The van der Waals surface area contributed by atoms with Crippen molar-refractivity contribution in [1.29, 1.82) is 0 Å². The number of nitrogens with zero attached hydrogens (tertiary/aromatic N) is 1. The molecule has 0 aliphatic rings. The van der Waals surface area contributed by atoms with Gasteiger partial charge >= 0.3 is 19.8 Å². The first-order valence-corrected chi connectivity index (χ1v) is 35.3.